The van der Waals surface area contributed by atoms with Crippen molar-refractivity contribution in [3.63, 3.8) is 0 Å². The standard InChI is InChI=1S/C25H29N5O2/c31-23-9-4-12-30(23)17-19-6-3-5-18(15-19)16-26-25(32)29-13-10-20(11-14-29)24-27-21-7-1-2-8-22(21)28-24/h1-3,5-8,15,20H,4,9-14,16-17H2,(H,26,32)(H,27,28). The van der Waals surface area contributed by atoms with Crippen LogP contribution in [0.25, 0.3) is 11.0 Å². The van der Waals surface area contributed by atoms with E-state index in [4.69, 9.17) is 4.98 Å². The monoisotopic (exact) mass is 431 g/mol. The molecule has 2 aliphatic heterocycles. The van der Waals surface area contributed by atoms with Crippen LogP contribution in [0.5, 0.6) is 0 Å². The first kappa shape index (κ1) is 20.5. The number of urea groups is 1. The third-order valence-electron chi connectivity index (χ3n) is 6.56. The Bertz CT molecular complexity index is 1080. The highest BCUT2D eigenvalue weighted by Crippen LogP contribution is 2.27. The quantitative estimate of drug-likeness (QED) is 0.645. The van der Waals surface area contributed by atoms with Gasteiger partial charge in [0.2, 0.25) is 5.91 Å². The molecule has 0 unspecified atom stereocenters. The summed E-state index contributed by atoms with van der Waals surface area (Å²) in [7, 11) is 0. The van der Waals surface area contributed by atoms with Gasteiger partial charge in [0.05, 0.1) is 11.0 Å². The maximum Gasteiger partial charge on any atom is 0.317 e. The minimum Gasteiger partial charge on any atom is -0.342 e. The minimum atomic E-state index is -0.0202. The first-order chi connectivity index (χ1) is 15.7. The van der Waals surface area contributed by atoms with E-state index in [9.17, 15) is 9.59 Å². The van der Waals surface area contributed by atoms with Crippen molar-refractivity contribution in [1.82, 2.24) is 25.1 Å². The van der Waals surface area contributed by atoms with Gasteiger partial charge in [0.15, 0.2) is 0 Å². The Morgan fingerprint density at radius 2 is 1.88 bits per heavy atom. The highest BCUT2D eigenvalue weighted by Gasteiger charge is 2.26. The van der Waals surface area contributed by atoms with Crippen LogP contribution in [0.15, 0.2) is 48.5 Å². The number of benzene rings is 2. The Balaban J connectivity index is 1.12. The number of H-pyrrole nitrogens is 1. The number of fused-ring (bicyclic) bond motifs is 1. The lowest BCUT2D eigenvalue weighted by Gasteiger charge is -2.31. The van der Waals surface area contributed by atoms with Crippen molar-refractivity contribution in [2.45, 2.75) is 44.7 Å². The molecule has 7 heteroatoms. The molecule has 0 spiro atoms. The molecule has 2 N–H and O–H groups in total. The van der Waals surface area contributed by atoms with Crippen LogP contribution in [0, 0.1) is 0 Å². The van der Waals surface area contributed by atoms with Crippen molar-refractivity contribution < 1.29 is 9.59 Å². The third kappa shape index (κ3) is 4.47. The largest absolute Gasteiger partial charge is 0.342 e. The fraction of sp³-hybridized carbons (Fsp3) is 0.400. The molecule has 0 radical (unpaired) electrons. The van der Waals surface area contributed by atoms with Crippen molar-refractivity contribution in [1.29, 1.82) is 0 Å². The smallest absolute Gasteiger partial charge is 0.317 e. The second kappa shape index (κ2) is 9.02. The number of nitrogens with zero attached hydrogens (tertiary/aromatic N) is 3. The summed E-state index contributed by atoms with van der Waals surface area (Å²) < 4.78 is 0. The predicted molar refractivity (Wildman–Crippen MR) is 123 cm³/mol. The zero-order valence-electron chi connectivity index (χ0n) is 18.2. The molecule has 3 heterocycles. The Kier molecular flexibility index (Phi) is 5.79. The topological polar surface area (TPSA) is 81.3 Å². The lowest BCUT2D eigenvalue weighted by molar-refractivity contribution is -0.128. The van der Waals surface area contributed by atoms with Crippen molar-refractivity contribution in [3.05, 3.63) is 65.5 Å². The molecular formula is C25H29N5O2. The van der Waals surface area contributed by atoms with Crippen molar-refractivity contribution in [3.8, 4) is 0 Å². The van der Waals surface area contributed by atoms with Crippen LogP contribution in [-0.2, 0) is 17.9 Å². The van der Waals surface area contributed by atoms with Crippen LogP contribution in [0.1, 0.15) is 48.6 Å². The summed E-state index contributed by atoms with van der Waals surface area (Å²) in [6.45, 7) is 3.43. The maximum absolute atomic E-state index is 12.7. The summed E-state index contributed by atoms with van der Waals surface area (Å²) in [5.41, 5.74) is 4.23. The molecule has 3 amide bonds. The number of carbonyl (C=O) groups is 2. The van der Waals surface area contributed by atoms with Gasteiger partial charge in [-0.15, -0.1) is 0 Å². The van der Waals surface area contributed by atoms with Gasteiger partial charge in [0, 0.05) is 45.1 Å². The number of rotatable bonds is 5. The number of aromatic nitrogens is 2. The van der Waals surface area contributed by atoms with E-state index in [1.807, 2.05) is 52.3 Å². The second-order valence-electron chi connectivity index (χ2n) is 8.80. The molecule has 0 bridgehead atoms. The summed E-state index contributed by atoms with van der Waals surface area (Å²) in [5, 5.41) is 3.06. The average molecular weight is 432 g/mol. The fourth-order valence-electron chi connectivity index (χ4n) is 4.74. The molecule has 166 valence electrons. The van der Waals surface area contributed by atoms with E-state index in [0.29, 0.717) is 25.4 Å². The summed E-state index contributed by atoms with van der Waals surface area (Å²) in [6, 6.07) is 16.2. The summed E-state index contributed by atoms with van der Waals surface area (Å²) in [4.78, 5) is 36.5. The number of likely N-dealkylation sites (tertiary alicyclic amines) is 2. The molecule has 3 aromatic rings. The maximum atomic E-state index is 12.7. The van der Waals surface area contributed by atoms with Crippen molar-refractivity contribution >= 4 is 23.0 Å². The molecule has 1 aromatic heterocycles. The molecule has 7 nitrogen and oxygen atoms in total. The van der Waals surface area contributed by atoms with Crippen LogP contribution in [0.3, 0.4) is 0 Å². The number of nitrogens with one attached hydrogen (secondary N) is 2. The normalized spacial score (nSPS) is 17.3. The van der Waals surface area contributed by atoms with Crippen LogP contribution in [0.4, 0.5) is 4.79 Å². The van der Waals surface area contributed by atoms with E-state index in [1.54, 1.807) is 0 Å². The van der Waals surface area contributed by atoms with Crippen LogP contribution < -0.4 is 5.32 Å². The first-order valence-corrected chi connectivity index (χ1v) is 11.5. The molecule has 5 rings (SSSR count). The number of piperidine rings is 1. The number of amides is 3. The Labute approximate surface area is 187 Å². The molecule has 2 fully saturated rings. The summed E-state index contributed by atoms with van der Waals surface area (Å²) in [5.74, 6) is 1.62. The van der Waals surface area contributed by atoms with Gasteiger partial charge in [-0.3, -0.25) is 4.79 Å². The molecule has 2 aliphatic rings. The van der Waals surface area contributed by atoms with Gasteiger partial charge in [-0.05, 0) is 42.5 Å². The average Bonchev–Trinajstić information content (AvgIpc) is 3.44. The number of para-hydroxylation sites is 2. The van der Waals surface area contributed by atoms with Gasteiger partial charge in [-0.25, -0.2) is 9.78 Å². The molecule has 0 saturated carbocycles. The van der Waals surface area contributed by atoms with E-state index < -0.39 is 0 Å². The highest BCUT2D eigenvalue weighted by molar-refractivity contribution is 5.78. The van der Waals surface area contributed by atoms with Crippen molar-refractivity contribution in [2.75, 3.05) is 19.6 Å². The summed E-state index contributed by atoms with van der Waals surface area (Å²) in [6.07, 6.45) is 3.42. The van der Waals surface area contributed by atoms with E-state index in [-0.39, 0.29) is 11.9 Å². The molecule has 0 atom stereocenters. The van der Waals surface area contributed by atoms with Crippen molar-refractivity contribution in [2.24, 2.45) is 0 Å². The van der Waals surface area contributed by atoms with Gasteiger partial charge in [0.1, 0.15) is 5.82 Å². The molecular weight excluding hydrogens is 402 g/mol. The number of carbonyl (C=O) groups excluding carboxylic acids is 2. The predicted octanol–water partition coefficient (Wildman–Crippen LogP) is 3.77. The van der Waals surface area contributed by atoms with Crippen LogP contribution >= 0.6 is 0 Å². The Morgan fingerprint density at radius 1 is 1.06 bits per heavy atom. The minimum absolute atomic E-state index is 0.0202. The summed E-state index contributed by atoms with van der Waals surface area (Å²) >= 11 is 0. The first-order valence-electron chi connectivity index (χ1n) is 11.5. The third-order valence-corrected chi connectivity index (χ3v) is 6.56. The van der Waals surface area contributed by atoms with Crippen LogP contribution in [-0.4, -0.2) is 51.3 Å². The second-order valence-corrected chi connectivity index (χ2v) is 8.80. The van der Waals surface area contributed by atoms with Gasteiger partial charge in [-0.1, -0.05) is 36.4 Å². The molecule has 32 heavy (non-hydrogen) atoms. The lowest BCUT2D eigenvalue weighted by Crippen LogP contribution is -2.43. The Morgan fingerprint density at radius 3 is 2.66 bits per heavy atom. The lowest BCUT2D eigenvalue weighted by atomic mass is 9.96. The number of imidazole rings is 1. The Hall–Kier alpha value is -3.35. The van der Waals surface area contributed by atoms with E-state index in [0.717, 1.165) is 66.9 Å². The SMILES string of the molecule is O=C1CCCN1Cc1cccc(CNC(=O)N2CCC(c3nc4ccccc4[nH]3)CC2)c1. The van der Waals surface area contributed by atoms with Gasteiger partial charge in [-0.2, -0.15) is 0 Å². The molecule has 2 saturated heterocycles. The van der Waals surface area contributed by atoms with E-state index in [2.05, 4.69) is 16.4 Å². The highest BCUT2D eigenvalue weighted by atomic mass is 16.2. The van der Waals surface area contributed by atoms with Gasteiger partial charge < -0.3 is 20.1 Å². The zero-order chi connectivity index (χ0) is 21.9. The van der Waals surface area contributed by atoms with E-state index >= 15 is 0 Å². The molecule has 0 aliphatic carbocycles. The number of aromatic amines is 1. The number of hydrogen-bond donors (Lipinski definition) is 2. The fourth-order valence-corrected chi connectivity index (χ4v) is 4.74. The molecule has 2 aromatic carbocycles. The number of hydrogen-bond acceptors (Lipinski definition) is 3. The van der Waals surface area contributed by atoms with Crippen LogP contribution in [0.2, 0.25) is 0 Å². The van der Waals surface area contributed by atoms with Gasteiger partial charge >= 0.3 is 6.03 Å². The van der Waals surface area contributed by atoms with Gasteiger partial charge in [0.25, 0.3) is 0 Å². The zero-order valence-corrected chi connectivity index (χ0v) is 18.2. The van der Waals surface area contributed by atoms with E-state index in [1.165, 1.54) is 0 Å².